The molecule has 3 aliphatic rings. The van der Waals surface area contributed by atoms with E-state index in [1.54, 1.807) is 11.9 Å². The Morgan fingerprint density at radius 3 is 2.72 bits per heavy atom. The standard InChI is InChI=1S/C20H22F2N2O/c1-10-6-14-13(8-23(10)4)9-25-20-12(3)24(5)19-15(17(14)20)7-16(21)11(2)18(19)22/h6-7,10,13H,3,8-9H2,1-2,4-5H3. The van der Waals surface area contributed by atoms with Crippen LogP contribution < -0.4 is 4.90 Å². The van der Waals surface area contributed by atoms with Crippen molar-refractivity contribution in [2.45, 2.75) is 19.9 Å². The molecule has 0 bridgehead atoms. The Morgan fingerprint density at radius 2 is 2.00 bits per heavy atom. The summed E-state index contributed by atoms with van der Waals surface area (Å²) in [5.41, 5.74) is 3.48. The van der Waals surface area contributed by atoms with Gasteiger partial charge in [0.25, 0.3) is 0 Å². The molecule has 0 N–H and O–H groups in total. The predicted molar refractivity (Wildman–Crippen MR) is 95.2 cm³/mol. The molecule has 0 aliphatic carbocycles. The van der Waals surface area contributed by atoms with Crippen LogP contribution in [0.2, 0.25) is 0 Å². The normalized spacial score (nSPS) is 25.9. The van der Waals surface area contributed by atoms with Crippen LogP contribution in [-0.2, 0) is 4.74 Å². The number of hydrogen-bond donors (Lipinski definition) is 0. The molecule has 0 saturated heterocycles. The first-order valence-corrected chi connectivity index (χ1v) is 8.52. The molecule has 2 unspecified atom stereocenters. The summed E-state index contributed by atoms with van der Waals surface area (Å²) in [6.07, 6.45) is 2.18. The molecule has 0 saturated carbocycles. The van der Waals surface area contributed by atoms with Gasteiger partial charge in [0.15, 0.2) is 11.6 Å². The Hall–Kier alpha value is -2.14. The van der Waals surface area contributed by atoms with Gasteiger partial charge in [-0.25, -0.2) is 8.78 Å². The van der Waals surface area contributed by atoms with Crippen LogP contribution in [0.1, 0.15) is 18.1 Å². The molecule has 3 aliphatic heterocycles. The van der Waals surface area contributed by atoms with E-state index in [4.69, 9.17) is 4.74 Å². The van der Waals surface area contributed by atoms with Crippen molar-refractivity contribution >= 4 is 11.3 Å². The van der Waals surface area contributed by atoms with E-state index < -0.39 is 11.6 Å². The third kappa shape index (κ3) is 2.18. The van der Waals surface area contributed by atoms with Gasteiger partial charge in [0.2, 0.25) is 0 Å². The summed E-state index contributed by atoms with van der Waals surface area (Å²) in [6, 6.07) is 1.69. The van der Waals surface area contributed by atoms with Crippen molar-refractivity contribution in [3.63, 3.8) is 0 Å². The molecule has 25 heavy (non-hydrogen) atoms. The Balaban J connectivity index is 2.01. The molecule has 0 radical (unpaired) electrons. The highest BCUT2D eigenvalue weighted by Crippen LogP contribution is 2.49. The average Bonchev–Trinajstić information content (AvgIpc) is 2.57. The highest BCUT2D eigenvalue weighted by Gasteiger charge is 2.40. The number of hydrogen-bond acceptors (Lipinski definition) is 3. The van der Waals surface area contributed by atoms with Gasteiger partial charge in [-0.3, -0.25) is 4.90 Å². The molecule has 0 aromatic heterocycles. The van der Waals surface area contributed by atoms with Crippen LogP contribution in [0.25, 0.3) is 5.57 Å². The summed E-state index contributed by atoms with van der Waals surface area (Å²) >= 11 is 0. The smallest absolute Gasteiger partial charge is 0.153 e. The third-order valence-corrected chi connectivity index (χ3v) is 5.70. The second kappa shape index (κ2) is 5.43. The van der Waals surface area contributed by atoms with Gasteiger partial charge in [-0.05, 0) is 32.5 Å². The first kappa shape index (κ1) is 16.3. The average molecular weight is 344 g/mol. The topological polar surface area (TPSA) is 15.7 Å². The van der Waals surface area contributed by atoms with Gasteiger partial charge in [-0.1, -0.05) is 12.7 Å². The van der Waals surface area contributed by atoms with E-state index in [1.165, 1.54) is 13.0 Å². The van der Waals surface area contributed by atoms with Gasteiger partial charge < -0.3 is 9.64 Å². The molecule has 1 aromatic carbocycles. The van der Waals surface area contributed by atoms with E-state index in [-0.39, 0.29) is 17.5 Å². The van der Waals surface area contributed by atoms with E-state index in [0.29, 0.717) is 29.3 Å². The SMILES string of the molecule is C=C1C2=C(C3=CC(C)N(C)CC3CO2)c2cc(F)c(C)c(F)c2N1C. The van der Waals surface area contributed by atoms with E-state index in [9.17, 15) is 8.78 Å². The lowest BCUT2D eigenvalue weighted by molar-refractivity contribution is 0.136. The quantitative estimate of drug-likeness (QED) is 0.711. The van der Waals surface area contributed by atoms with Crippen molar-refractivity contribution < 1.29 is 13.5 Å². The summed E-state index contributed by atoms with van der Waals surface area (Å²) in [6.45, 7) is 9.09. The number of fused-ring (bicyclic) bond motifs is 4. The van der Waals surface area contributed by atoms with E-state index in [0.717, 1.165) is 17.7 Å². The fourth-order valence-electron chi connectivity index (χ4n) is 3.97. The number of anilines is 1. The van der Waals surface area contributed by atoms with Gasteiger partial charge in [-0.2, -0.15) is 0 Å². The van der Waals surface area contributed by atoms with E-state index in [2.05, 4.69) is 31.5 Å². The number of nitrogens with zero attached hydrogens (tertiary/aromatic N) is 2. The summed E-state index contributed by atoms with van der Waals surface area (Å²) in [5, 5.41) is 0. The maximum absolute atomic E-state index is 14.9. The van der Waals surface area contributed by atoms with Gasteiger partial charge in [0.1, 0.15) is 5.82 Å². The number of benzene rings is 1. The lowest BCUT2D eigenvalue weighted by atomic mass is 9.79. The zero-order valence-electron chi connectivity index (χ0n) is 15.0. The number of likely N-dealkylation sites (N-methyl/N-ethyl adjacent to an activating group) is 2. The summed E-state index contributed by atoms with van der Waals surface area (Å²) in [4.78, 5) is 3.92. The first-order chi connectivity index (χ1) is 11.8. The van der Waals surface area contributed by atoms with Crippen LogP contribution in [0, 0.1) is 24.5 Å². The Labute approximate surface area is 146 Å². The van der Waals surface area contributed by atoms with Crippen molar-refractivity contribution in [1.82, 2.24) is 4.90 Å². The number of ether oxygens (including phenoxy) is 1. The molecular weight excluding hydrogens is 322 g/mol. The maximum atomic E-state index is 14.9. The van der Waals surface area contributed by atoms with Gasteiger partial charge in [0, 0.05) is 42.3 Å². The largest absolute Gasteiger partial charge is 0.490 e. The Kier molecular flexibility index (Phi) is 3.55. The summed E-state index contributed by atoms with van der Waals surface area (Å²) in [7, 11) is 3.82. The molecule has 0 fully saturated rings. The Bertz CT molecular complexity index is 856. The van der Waals surface area contributed by atoms with Crippen LogP contribution in [0.3, 0.4) is 0 Å². The third-order valence-electron chi connectivity index (χ3n) is 5.70. The fraction of sp³-hybridized carbons (Fsp3) is 0.400. The minimum Gasteiger partial charge on any atom is -0.490 e. The van der Waals surface area contributed by atoms with E-state index >= 15 is 0 Å². The lowest BCUT2D eigenvalue weighted by Crippen LogP contribution is -2.42. The molecule has 2 atom stereocenters. The number of halogens is 2. The van der Waals surface area contributed by atoms with Gasteiger partial charge in [-0.15, -0.1) is 0 Å². The molecule has 0 amide bonds. The van der Waals surface area contributed by atoms with Gasteiger partial charge in [0.05, 0.1) is 18.0 Å². The maximum Gasteiger partial charge on any atom is 0.153 e. The van der Waals surface area contributed by atoms with Crippen molar-refractivity contribution in [1.29, 1.82) is 0 Å². The summed E-state index contributed by atoms with van der Waals surface area (Å²) < 4.78 is 35.2. The van der Waals surface area contributed by atoms with Crippen molar-refractivity contribution in [3.05, 3.63) is 58.5 Å². The lowest BCUT2D eigenvalue weighted by Gasteiger charge is -2.43. The molecule has 3 heterocycles. The molecular formula is C20H22F2N2O. The zero-order chi connectivity index (χ0) is 18.0. The molecule has 132 valence electrons. The highest BCUT2D eigenvalue weighted by atomic mass is 19.1. The van der Waals surface area contributed by atoms with Crippen molar-refractivity contribution in [2.75, 3.05) is 32.1 Å². The van der Waals surface area contributed by atoms with Crippen LogP contribution >= 0.6 is 0 Å². The number of allylic oxidation sites excluding steroid dienone is 1. The molecule has 5 heteroatoms. The molecule has 4 rings (SSSR count). The monoisotopic (exact) mass is 344 g/mol. The van der Waals surface area contributed by atoms with Crippen LogP contribution in [0.5, 0.6) is 0 Å². The van der Waals surface area contributed by atoms with E-state index in [1.807, 2.05) is 0 Å². The Morgan fingerprint density at radius 1 is 1.28 bits per heavy atom. The molecule has 3 nitrogen and oxygen atoms in total. The predicted octanol–water partition coefficient (Wildman–Crippen LogP) is 3.85. The number of rotatable bonds is 0. The second-order valence-corrected chi connectivity index (χ2v) is 7.21. The minimum atomic E-state index is -0.535. The zero-order valence-corrected chi connectivity index (χ0v) is 15.0. The van der Waals surface area contributed by atoms with Crippen LogP contribution in [0.15, 0.2) is 35.8 Å². The van der Waals surface area contributed by atoms with Crippen molar-refractivity contribution in [2.24, 2.45) is 5.92 Å². The van der Waals surface area contributed by atoms with Crippen molar-refractivity contribution in [3.8, 4) is 0 Å². The minimum absolute atomic E-state index is 0.0291. The molecule has 0 spiro atoms. The molecule has 1 aromatic rings. The van der Waals surface area contributed by atoms with Gasteiger partial charge >= 0.3 is 0 Å². The fourth-order valence-corrected chi connectivity index (χ4v) is 3.97. The summed E-state index contributed by atoms with van der Waals surface area (Å²) in [5.74, 6) is -0.241. The highest BCUT2D eigenvalue weighted by molar-refractivity contribution is 5.94. The first-order valence-electron chi connectivity index (χ1n) is 8.52. The second-order valence-electron chi connectivity index (χ2n) is 7.21. The van der Waals surface area contributed by atoms with Crippen LogP contribution in [0.4, 0.5) is 14.5 Å². The van der Waals surface area contributed by atoms with Crippen LogP contribution in [-0.4, -0.2) is 38.2 Å².